The summed E-state index contributed by atoms with van der Waals surface area (Å²) in [5.74, 6) is 0. The first-order chi connectivity index (χ1) is 5.54. The monoisotopic (exact) mass is 189 g/mol. The molecule has 72 valence electrons. The van der Waals surface area contributed by atoms with Crippen LogP contribution < -0.4 is 11.1 Å². The normalized spacial score (nSPS) is 10.8. The molecule has 0 saturated heterocycles. The Labute approximate surface area is 80.3 Å². The van der Waals surface area contributed by atoms with Gasteiger partial charge in [0.25, 0.3) is 0 Å². The summed E-state index contributed by atoms with van der Waals surface area (Å²) >= 11 is 4.68. The van der Waals surface area contributed by atoms with Gasteiger partial charge in [0, 0.05) is 12.6 Å². The van der Waals surface area contributed by atoms with Crippen molar-refractivity contribution in [2.45, 2.75) is 26.3 Å². The highest BCUT2D eigenvalue weighted by atomic mass is 32.1. The van der Waals surface area contributed by atoms with E-state index >= 15 is 0 Å². The molecule has 0 saturated carbocycles. The van der Waals surface area contributed by atoms with Gasteiger partial charge in [0.2, 0.25) is 0 Å². The summed E-state index contributed by atoms with van der Waals surface area (Å²) in [5, 5.41) is 3.31. The molecule has 12 heavy (non-hydrogen) atoms. The van der Waals surface area contributed by atoms with E-state index in [1.54, 1.807) is 0 Å². The minimum atomic E-state index is 0.391. The molecule has 0 aliphatic rings. The lowest BCUT2D eigenvalue weighted by Crippen LogP contribution is -2.33. The summed E-state index contributed by atoms with van der Waals surface area (Å²) < 4.78 is 0. The second-order valence-electron chi connectivity index (χ2n) is 3.22. The topological polar surface area (TPSA) is 41.3 Å². The maximum absolute atomic E-state index is 5.28. The lowest BCUT2D eigenvalue weighted by Gasteiger charge is -2.20. The van der Waals surface area contributed by atoms with Crippen LogP contribution in [0.5, 0.6) is 0 Å². The number of nitrogens with two attached hydrogens (primary N) is 1. The van der Waals surface area contributed by atoms with Crippen LogP contribution >= 0.6 is 12.2 Å². The summed E-state index contributed by atoms with van der Waals surface area (Å²) in [5.41, 5.74) is 5.28. The second kappa shape index (κ2) is 6.20. The highest BCUT2D eigenvalue weighted by molar-refractivity contribution is 7.80. The van der Waals surface area contributed by atoms with Gasteiger partial charge in [0.15, 0.2) is 5.11 Å². The maximum atomic E-state index is 5.28. The molecule has 4 heteroatoms. The summed E-state index contributed by atoms with van der Waals surface area (Å²) in [7, 11) is 2.12. The van der Waals surface area contributed by atoms with Gasteiger partial charge in [-0.15, -0.1) is 0 Å². The fourth-order valence-corrected chi connectivity index (χ4v) is 0.900. The smallest absolute Gasteiger partial charge is 0.163 e. The van der Waals surface area contributed by atoms with Crippen molar-refractivity contribution in [2.24, 2.45) is 5.73 Å². The van der Waals surface area contributed by atoms with Gasteiger partial charge in [0.1, 0.15) is 0 Å². The molecule has 0 aliphatic carbocycles. The quantitative estimate of drug-likeness (QED) is 0.489. The summed E-state index contributed by atoms with van der Waals surface area (Å²) in [4.78, 5) is 2.29. The first-order valence-corrected chi connectivity index (χ1v) is 4.68. The Morgan fingerprint density at radius 1 is 1.58 bits per heavy atom. The molecule has 3 nitrogen and oxygen atoms in total. The Bertz CT molecular complexity index is 136. The van der Waals surface area contributed by atoms with Crippen LogP contribution in [0, 0.1) is 0 Å². The fourth-order valence-electron chi connectivity index (χ4n) is 0.798. The van der Waals surface area contributed by atoms with Crippen molar-refractivity contribution in [3.8, 4) is 0 Å². The van der Waals surface area contributed by atoms with E-state index < -0.39 is 0 Å². The van der Waals surface area contributed by atoms with Gasteiger partial charge in [-0.25, -0.2) is 0 Å². The van der Waals surface area contributed by atoms with Crippen LogP contribution in [0.2, 0.25) is 0 Å². The van der Waals surface area contributed by atoms with Gasteiger partial charge in [-0.05, 0) is 46.1 Å². The average molecular weight is 189 g/mol. The van der Waals surface area contributed by atoms with Crippen LogP contribution in [-0.2, 0) is 0 Å². The van der Waals surface area contributed by atoms with Gasteiger partial charge < -0.3 is 16.0 Å². The zero-order valence-corrected chi connectivity index (χ0v) is 8.95. The lowest BCUT2D eigenvalue weighted by molar-refractivity contribution is 0.271. The molecule has 0 unspecified atom stereocenters. The van der Waals surface area contributed by atoms with Crippen molar-refractivity contribution in [1.29, 1.82) is 0 Å². The molecular weight excluding hydrogens is 170 g/mol. The zero-order valence-electron chi connectivity index (χ0n) is 8.13. The van der Waals surface area contributed by atoms with Gasteiger partial charge in [-0.3, -0.25) is 0 Å². The van der Waals surface area contributed by atoms with Gasteiger partial charge >= 0.3 is 0 Å². The van der Waals surface area contributed by atoms with Gasteiger partial charge in [0.05, 0.1) is 0 Å². The molecule has 0 aromatic heterocycles. The summed E-state index contributed by atoms with van der Waals surface area (Å²) in [6.07, 6.45) is 1.08. The third-order valence-electron chi connectivity index (χ3n) is 1.87. The number of rotatable bonds is 5. The molecule has 0 radical (unpaired) electrons. The van der Waals surface area contributed by atoms with E-state index in [0.29, 0.717) is 11.2 Å². The number of nitrogens with one attached hydrogen (secondary N) is 1. The third kappa shape index (κ3) is 6.37. The van der Waals surface area contributed by atoms with Crippen molar-refractivity contribution >= 4 is 17.3 Å². The van der Waals surface area contributed by atoms with Crippen LogP contribution in [0.25, 0.3) is 0 Å². The molecule has 0 heterocycles. The number of hydrogen-bond acceptors (Lipinski definition) is 2. The van der Waals surface area contributed by atoms with E-state index in [-0.39, 0.29) is 0 Å². The Kier molecular flexibility index (Phi) is 6.02. The standard InChI is InChI=1S/C8H19N3S/c1-7(2)11(3)6-4-5-10-8(9)12/h7H,4-6H2,1-3H3,(H3,9,10,12). The highest BCUT2D eigenvalue weighted by Gasteiger charge is 2.01. The van der Waals surface area contributed by atoms with Crippen LogP contribution in [0.1, 0.15) is 20.3 Å². The molecule has 0 aromatic rings. The first kappa shape index (κ1) is 11.6. The molecule has 0 aliphatic heterocycles. The Morgan fingerprint density at radius 2 is 2.17 bits per heavy atom. The van der Waals surface area contributed by atoms with Crippen LogP contribution in [-0.4, -0.2) is 36.2 Å². The predicted octanol–water partition coefficient (Wildman–Crippen LogP) is 0.550. The molecule has 0 fully saturated rings. The summed E-state index contributed by atoms with van der Waals surface area (Å²) in [6.45, 7) is 6.31. The first-order valence-electron chi connectivity index (χ1n) is 4.27. The molecule has 0 bridgehead atoms. The number of nitrogens with zero attached hydrogens (tertiary/aromatic N) is 1. The van der Waals surface area contributed by atoms with Crippen molar-refractivity contribution in [1.82, 2.24) is 10.2 Å². The lowest BCUT2D eigenvalue weighted by atomic mass is 10.3. The van der Waals surface area contributed by atoms with Gasteiger partial charge in [-0.1, -0.05) is 0 Å². The minimum absolute atomic E-state index is 0.391. The molecule has 0 spiro atoms. The average Bonchev–Trinajstić information content (AvgIpc) is 1.97. The Hall–Kier alpha value is -0.350. The Morgan fingerprint density at radius 3 is 2.58 bits per heavy atom. The van der Waals surface area contributed by atoms with Crippen LogP contribution in [0.3, 0.4) is 0 Å². The van der Waals surface area contributed by atoms with E-state index in [4.69, 9.17) is 5.73 Å². The van der Waals surface area contributed by atoms with E-state index in [2.05, 4.69) is 43.3 Å². The zero-order chi connectivity index (χ0) is 9.56. The molecule has 0 amide bonds. The van der Waals surface area contributed by atoms with E-state index in [9.17, 15) is 0 Å². The number of hydrogen-bond donors (Lipinski definition) is 2. The Balaban J connectivity index is 3.25. The maximum Gasteiger partial charge on any atom is 0.163 e. The fraction of sp³-hybridized carbons (Fsp3) is 0.875. The van der Waals surface area contributed by atoms with Crippen LogP contribution in [0.15, 0.2) is 0 Å². The third-order valence-corrected chi connectivity index (χ3v) is 2.01. The van der Waals surface area contributed by atoms with Crippen molar-refractivity contribution in [2.75, 3.05) is 20.1 Å². The largest absolute Gasteiger partial charge is 0.376 e. The SMILES string of the molecule is CC(C)N(C)CCCNC(N)=S. The minimum Gasteiger partial charge on any atom is -0.376 e. The van der Waals surface area contributed by atoms with Crippen molar-refractivity contribution in [3.63, 3.8) is 0 Å². The van der Waals surface area contributed by atoms with E-state index in [1.807, 2.05) is 0 Å². The van der Waals surface area contributed by atoms with E-state index in [0.717, 1.165) is 19.5 Å². The summed E-state index contributed by atoms with van der Waals surface area (Å²) in [6, 6.07) is 0.606. The molecular formula is C8H19N3S. The number of thiocarbonyl (C=S) groups is 1. The van der Waals surface area contributed by atoms with Crippen LogP contribution in [0.4, 0.5) is 0 Å². The highest BCUT2D eigenvalue weighted by Crippen LogP contribution is 1.93. The molecule has 0 rings (SSSR count). The molecule has 0 atom stereocenters. The van der Waals surface area contributed by atoms with Crippen molar-refractivity contribution < 1.29 is 0 Å². The second-order valence-corrected chi connectivity index (χ2v) is 3.66. The molecule has 0 aromatic carbocycles. The predicted molar refractivity (Wildman–Crippen MR) is 57.2 cm³/mol. The van der Waals surface area contributed by atoms with Crippen molar-refractivity contribution in [3.05, 3.63) is 0 Å². The molecule has 3 N–H and O–H groups in total. The van der Waals surface area contributed by atoms with E-state index in [1.165, 1.54) is 0 Å². The van der Waals surface area contributed by atoms with Gasteiger partial charge in [-0.2, -0.15) is 0 Å².